The number of methoxy groups -OCH3 is 1. The standard InChI is InChI=1S/C53H89N5O11S/c1-16-18-41(26-39-19-21-43(22-20-39)70(15,63)64)58-32-40(54-55-58)23-24-56(12)42-25-34(4)67-46(27-42)69-49-36(6)47(44-30-51(9,65-14)29-35(5)66-44)37(7)50(60)68-45(17-2)53(11,62)48(59)38(8)57(13)31-33(3)28-52(49,10)61/h16,19-22,32-38,41-42,44-49,59,61-62H,1,17-18,23-31H2,2-15H3/t33-,34-,35+,36+,37-,38-,41-,42+,44-,45-,46+,47?,48-,49-,51+,52-,53-/m1/s1. The van der Waals surface area contributed by atoms with Crippen molar-refractivity contribution in [1.29, 1.82) is 0 Å². The van der Waals surface area contributed by atoms with Crippen LogP contribution < -0.4 is 0 Å². The number of hydrogen-bond donors (Lipinski definition) is 3. The summed E-state index contributed by atoms with van der Waals surface area (Å²) >= 11 is 0. The van der Waals surface area contributed by atoms with Gasteiger partial charge in [0.05, 0.1) is 58.2 Å². The van der Waals surface area contributed by atoms with Gasteiger partial charge in [-0.25, -0.2) is 13.1 Å². The first kappa shape index (κ1) is 58.1. The van der Waals surface area contributed by atoms with Gasteiger partial charge in [-0.05, 0) is 117 Å². The Morgan fingerprint density at radius 3 is 2.30 bits per heavy atom. The molecule has 5 rings (SSSR count). The van der Waals surface area contributed by atoms with Gasteiger partial charge in [0.15, 0.2) is 16.1 Å². The van der Waals surface area contributed by atoms with Crippen LogP contribution in [0.2, 0.25) is 0 Å². The summed E-state index contributed by atoms with van der Waals surface area (Å²) in [6, 6.07) is 6.49. The first-order chi connectivity index (χ1) is 32.6. The summed E-state index contributed by atoms with van der Waals surface area (Å²) in [5.74, 6) is -2.39. The molecule has 0 saturated carbocycles. The van der Waals surface area contributed by atoms with Crippen LogP contribution in [0.5, 0.6) is 0 Å². The molecule has 16 nitrogen and oxygen atoms in total. The first-order valence-corrected chi connectivity index (χ1v) is 27.6. The van der Waals surface area contributed by atoms with E-state index in [1.165, 1.54) is 13.2 Å². The van der Waals surface area contributed by atoms with E-state index in [0.717, 1.165) is 17.7 Å². The summed E-state index contributed by atoms with van der Waals surface area (Å²) in [4.78, 5) is 19.2. The third-order valence-electron chi connectivity index (χ3n) is 16.0. The van der Waals surface area contributed by atoms with Crippen molar-refractivity contribution in [3.05, 3.63) is 54.4 Å². The molecule has 2 aromatic rings. The molecule has 0 amide bonds. The number of carbonyl (C=O) groups is 1. The molecule has 17 atom stereocenters. The molecule has 3 aliphatic heterocycles. The summed E-state index contributed by atoms with van der Waals surface area (Å²) in [5.41, 5.74) is -1.87. The number of likely N-dealkylation sites (N-methyl/N-ethyl adjacent to an activating group) is 2. The highest BCUT2D eigenvalue weighted by Crippen LogP contribution is 2.45. The number of nitrogens with zero attached hydrogens (tertiary/aromatic N) is 5. The lowest BCUT2D eigenvalue weighted by Crippen LogP contribution is -2.59. The number of ether oxygens (including phenoxy) is 5. The topological polar surface area (TPSA) is 195 Å². The minimum atomic E-state index is -3.29. The number of cyclic esters (lactones) is 1. The Labute approximate surface area is 419 Å². The van der Waals surface area contributed by atoms with Gasteiger partial charge in [-0.2, -0.15) is 0 Å². The van der Waals surface area contributed by atoms with E-state index >= 15 is 0 Å². The molecule has 0 bridgehead atoms. The lowest BCUT2D eigenvalue weighted by molar-refractivity contribution is -0.271. The highest BCUT2D eigenvalue weighted by atomic mass is 32.2. The van der Waals surface area contributed by atoms with Gasteiger partial charge >= 0.3 is 5.97 Å². The van der Waals surface area contributed by atoms with Crippen molar-refractivity contribution >= 4 is 15.8 Å². The number of rotatable bonds is 15. The van der Waals surface area contributed by atoms with Crippen molar-refractivity contribution in [2.75, 3.05) is 40.6 Å². The number of allylic oxidation sites excluding steroid dienone is 1. The quantitative estimate of drug-likeness (QED) is 0.135. The fourth-order valence-electron chi connectivity index (χ4n) is 11.9. The fourth-order valence-corrected chi connectivity index (χ4v) is 12.6. The number of hydrogen-bond acceptors (Lipinski definition) is 15. The average molecular weight is 1000 g/mol. The van der Waals surface area contributed by atoms with Crippen molar-refractivity contribution in [2.45, 2.75) is 210 Å². The molecule has 1 unspecified atom stereocenters. The average Bonchev–Trinajstić information content (AvgIpc) is 3.76. The largest absolute Gasteiger partial charge is 0.459 e. The van der Waals surface area contributed by atoms with Gasteiger partial charge in [0.25, 0.3) is 0 Å². The van der Waals surface area contributed by atoms with Crippen LogP contribution in [0.4, 0.5) is 0 Å². The fraction of sp³-hybridized carbons (Fsp3) is 0.792. The van der Waals surface area contributed by atoms with Crippen LogP contribution in [0.3, 0.4) is 0 Å². The van der Waals surface area contributed by atoms with Crippen molar-refractivity contribution < 1.29 is 52.2 Å². The molecule has 398 valence electrons. The van der Waals surface area contributed by atoms with E-state index in [9.17, 15) is 28.5 Å². The number of aliphatic hydroxyl groups excluding tert-OH is 1. The molecule has 1 aromatic heterocycles. The Kier molecular flexibility index (Phi) is 19.9. The van der Waals surface area contributed by atoms with Crippen LogP contribution in [0, 0.1) is 23.7 Å². The maximum absolute atomic E-state index is 14.6. The third kappa shape index (κ3) is 14.5. The van der Waals surface area contributed by atoms with Gasteiger partial charge in [0.1, 0.15) is 17.8 Å². The first-order valence-electron chi connectivity index (χ1n) is 25.7. The molecule has 0 aliphatic carbocycles. The van der Waals surface area contributed by atoms with Crippen molar-refractivity contribution in [3.8, 4) is 0 Å². The summed E-state index contributed by atoms with van der Waals surface area (Å²) in [7, 11) is 2.41. The lowest BCUT2D eigenvalue weighted by Gasteiger charge is -2.50. The van der Waals surface area contributed by atoms with E-state index in [4.69, 9.17) is 23.7 Å². The minimum absolute atomic E-state index is 0.0422. The maximum atomic E-state index is 14.6. The Balaban J connectivity index is 1.41. The molecule has 17 heteroatoms. The SMILES string of the molecule is C=CC[C@H](Cc1ccc(S(C)(=O)=O)cc1)n1cc(CCN(C)[C@@H]2C[C@H](O[C@@H]3[C@@H](C)C([C@H]4C[C@@](C)(OC)C[C@H](C)O4)[C@@H](C)C(=O)O[C@H](CC)[C@@](C)(O)[C@H](O)[C@@H](C)N(C)C[C@H](C)C[C@@]3(C)O)O[C@H](C)C2)nn1. The number of benzene rings is 1. The molecular weight excluding hydrogens is 915 g/mol. The Bertz CT molecular complexity index is 2100. The molecule has 0 radical (unpaired) electrons. The molecule has 0 spiro atoms. The highest BCUT2D eigenvalue weighted by Gasteiger charge is 2.52. The summed E-state index contributed by atoms with van der Waals surface area (Å²) in [5, 5.41) is 45.6. The second-order valence-electron chi connectivity index (χ2n) is 22.4. The normalized spacial score (nSPS) is 38.4. The van der Waals surface area contributed by atoms with Crippen molar-refractivity contribution in [2.24, 2.45) is 23.7 Å². The van der Waals surface area contributed by atoms with Crippen LogP contribution >= 0.6 is 0 Å². The Hall–Kier alpha value is -2.84. The zero-order valence-electron chi connectivity index (χ0n) is 44.8. The maximum Gasteiger partial charge on any atom is 0.309 e. The third-order valence-corrected chi connectivity index (χ3v) is 17.1. The highest BCUT2D eigenvalue weighted by molar-refractivity contribution is 7.90. The summed E-state index contributed by atoms with van der Waals surface area (Å²) in [6.07, 6.45) is 5.50. The van der Waals surface area contributed by atoms with Gasteiger partial charge in [-0.15, -0.1) is 11.7 Å². The van der Waals surface area contributed by atoms with E-state index < -0.39 is 87.1 Å². The molecule has 3 fully saturated rings. The van der Waals surface area contributed by atoms with E-state index in [1.54, 1.807) is 19.2 Å². The number of aliphatic hydroxyl groups is 3. The van der Waals surface area contributed by atoms with Crippen LogP contribution in [-0.2, 0) is 51.2 Å². The van der Waals surface area contributed by atoms with Crippen LogP contribution in [0.1, 0.15) is 131 Å². The van der Waals surface area contributed by atoms with Crippen LogP contribution in [0.15, 0.2) is 48.0 Å². The summed E-state index contributed by atoms with van der Waals surface area (Å²) in [6.45, 7) is 24.3. The number of carbonyl (C=O) groups excluding carboxylic acids is 1. The zero-order valence-corrected chi connectivity index (χ0v) is 45.6. The molecule has 1 aromatic carbocycles. The van der Waals surface area contributed by atoms with Gasteiger partial charge in [-0.1, -0.05) is 51.1 Å². The van der Waals surface area contributed by atoms with E-state index in [0.29, 0.717) is 58.0 Å². The summed E-state index contributed by atoms with van der Waals surface area (Å²) < 4.78 is 58.8. The van der Waals surface area contributed by atoms with Crippen LogP contribution in [-0.4, -0.2) is 167 Å². The minimum Gasteiger partial charge on any atom is -0.459 e. The number of sulfone groups is 1. The molecule has 4 heterocycles. The molecular formula is C53H89N5O11S. The van der Waals surface area contributed by atoms with E-state index in [2.05, 4.69) is 42.7 Å². The lowest BCUT2D eigenvalue weighted by atomic mass is 9.69. The smallest absolute Gasteiger partial charge is 0.309 e. The second-order valence-corrected chi connectivity index (χ2v) is 24.4. The molecule has 70 heavy (non-hydrogen) atoms. The van der Waals surface area contributed by atoms with Gasteiger partial charge in [0, 0.05) is 76.3 Å². The van der Waals surface area contributed by atoms with Gasteiger partial charge in [-0.3, -0.25) is 4.79 Å². The molecule has 3 saturated heterocycles. The van der Waals surface area contributed by atoms with E-state index in [1.807, 2.05) is 89.5 Å². The monoisotopic (exact) mass is 1000 g/mol. The molecule has 3 aliphatic rings. The number of esters is 1. The van der Waals surface area contributed by atoms with Crippen LogP contribution in [0.25, 0.3) is 0 Å². The van der Waals surface area contributed by atoms with Gasteiger partial charge in [0.2, 0.25) is 0 Å². The predicted molar refractivity (Wildman–Crippen MR) is 270 cm³/mol. The second kappa shape index (κ2) is 24.0. The zero-order chi connectivity index (χ0) is 52.1. The van der Waals surface area contributed by atoms with Crippen molar-refractivity contribution in [1.82, 2.24) is 24.8 Å². The Morgan fingerprint density at radius 1 is 1.01 bits per heavy atom. The Morgan fingerprint density at radius 2 is 1.69 bits per heavy atom. The van der Waals surface area contributed by atoms with Crippen molar-refractivity contribution in [3.63, 3.8) is 0 Å². The number of aromatic nitrogens is 3. The van der Waals surface area contributed by atoms with E-state index in [-0.39, 0.29) is 41.5 Å². The van der Waals surface area contributed by atoms with Gasteiger partial charge < -0.3 is 48.8 Å². The molecule has 3 N–H and O–H groups in total. The predicted octanol–water partition coefficient (Wildman–Crippen LogP) is 6.20.